The van der Waals surface area contributed by atoms with Gasteiger partial charge < -0.3 is 15.0 Å². The molecule has 2 aromatic carbocycles. The number of nitrogens with one attached hydrogen (secondary N) is 2. The fourth-order valence-corrected chi connectivity index (χ4v) is 2.70. The van der Waals surface area contributed by atoms with Crippen molar-refractivity contribution >= 4 is 16.8 Å². The van der Waals surface area contributed by atoms with Gasteiger partial charge in [-0.25, -0.2) is 9.78 Å². The van der Waals surface area contributed by atoms with Crippen molar-refractivity contribution in [2.75, 3.05) is 14.2 Å². The summed E-state index contributed by atoms with van der Waals surface area (Å²) in [6, 6.07) is 11.7. The Labute approximate surface area is 146 Å². The fraction of sp³-hybridized carbons (Fsp3) is 0.278. The maximum absolute atomic E-state index is 12.4. The van der Waals surface area contributed by atoms with Gasteiger partial charge >= 0.3 is 6.03 Å². The van der Waals surface area contributed by atoms with Crippen LogP contribution >= 0.6 is 0 Å². The number of H-pyrrole nitrogens is 1. The molecule has 25 heavy (non-hydrogen) atoms. The zero-order valence-corrected chi connectivity index (χ0v) is 14.5. The van der Waals surface area contributed by atoms with Gasteiger partial charge in [0.1, 0.15) is 17.9 Å². The molecule has 0 unspecified atom stereocenters. The molecular formula is C18H21N5O2. The molecular weight excluding hydrogens is 318 g/mol. The van der Waals surface area contributed by atoms with Crippen molar-refractivity contribution in [3.63, 3.8) is 0 Å². The molecule has 3 aromatic rings. The first-order valence-electron chi connectivity index (χ1n) is 8.01. The van der Waals surface area contributed by atoms with Crippen molar-refractivity contribution in [3.05, 3.63) is 54.1 Å². The fourth-order valence-electron chi connectivity index (χ4n) is 2.70. The Morgan fingerprint density at radius 1 is 1.36 bits per heavy atom. The van der Waals surface area contributed by atoms with Gasteiger partial charge in [-0.1, -0.05) is 24.3 Å². The number of rotatable bonds is 5. The summed E-state index contributed by atoms with van der Waals surface area (Å²) in [4.78, 5) is 18.0. The first-order valence-corrected chi connectivity index (χ1v) is 8.01. The molecule has 130 valence electrons. The van der Waals surface area contributed by atoms with Crippen LogP contribution in [0.4, 0.5) is 4.79 Å². The lowest BCUT2D eigenvalue weighted by atomic mass is 10.0. The van der Waals surface area contributed by atoms with Crippen LogP contribution in [0.1, 0.15) is 24.4 Å². The van der Waals surface area contributed by atoms with Crippen molar-refractivity contribution in [1.82, 2.24) is 25.4 Å². The third kappa shape index (κ3) is 3.71. The Morgan fingerprint density at radius 3 is 2.88 bits per heavy atom. The molecule has 7 nitrogen and oxygen atoms in total. The van der Waals surface area contributed by atoms with Crippen molar-refractivity contribution in [2.45, 2.75) is 19.5 Å². The maximum Gasteiger partial charge on any atom is 0.318 e. The molecule has 1 atom stereocenters. The summed E-state index contributed by atoms with van der Waals surface area (Å²) in [5.74, 6) is 1.43. The zero-order chi connectivity index (χ0) is 17.8. The monoisotopic (exact) mass is 339 g/mol. The van der Waals surface area contributed by atoms with Crippen LogP contribution in [0, 0.1) is 0 Å². The zero-order valence-electron chi connectivity index (χ0n) is 14.5. The number of methoxy groups -OCH3 is 1. The number of carbonyl (C=O) groups excluding carboxylic acids is 1. The van der Waals surface area contributed by atoms with E-state index in [2.05, 4.69) is 26.6 Å². The van der Waals surface area contributed by atoms with Crippen LogP contribution in [0.3, 0.4) is 0 Å². The molecule has 0 saturated carbocycles. The van der Waals surface area contributed by atoms with E-state index in [1.807, 2.05) is 37.3 Å². The van der Waals surface area contributed by atoms with E-state index >= 15 is 0 Å². The molecule has 0 aliphatic carbocycles. The standard InChI is InChI=1S/C18H21N5O2/c1-12(21-18(24)23(2)10-17-19-11-20-22-17)14-8-13-6-4-5-7-15(13)16(9-14)25-3/h4-9,11-12H,10H2,1-3H3,(H,21,24)(H,19,20,22)/t12-/m0/s1. The maximum atomic E-state index is 12.4. The highest BCUT2D eigenvalue weighted by Crippen LogP contribution is 2.29. The topological polar surface area (TPSA) is 83.1 Å². The van der Waals surface area contributed by atoms with Gasteiger partial charge in [-0.2, -0.15) is 5.10 Å². The first kappa shape index (κ1) is 16.8. The van der Waals surface area contributed by atoms with Gasteiger partial charge in [0, 0.05) is 12.4 Å². The van der Waals surface area contributed by atoms with Gasteiger partial charge in [0.25, 0.3) is 0 Å². The number of fused-ring (bicyclic) bond motifs is 1. The number of carbonyl (C=O) groups is 1. The van der Waals surface area contributed by atoms with Gasteiger partial charge in [-0.3, -0.25) is 5.10 Å². The normalized spacial score (nSPS) is 12.0. The quantitative estimate of drug-likeness (QED) is 0.749. The summed E-state index contributed by atoms with van der Waals surface area (Å²) in [6.07, 6.45) is 1.42. The SMILES string of the molecule is COc1cc([C@H](C)NC(=O)N(C)Cc2ncn[nH]2)cc2ccccc12. The molecule has 0 aliphatic heterocycles. The van der Waals surface area contributed by atoms with Crippen LogP contribution in [0.2, 0.25) is 0 Å². The number of aromatic amines is 1. The largest absolute Gasteiger partial charge is 0.496 e. The minimum Gasteiger partial charge on any atom is -0.496 e. The number of aromatic nitrogens is 3. The van der Waals surface area contributed by atoms with Crippen molar-refractivity contribution in [3.8, 4) is 5.75 Å². The predicted molar refractivity (Wildman–Crippen MR) is 95.3 cm³/mol. The van der Waals surface area contributed by atoms with Crippen LogP contribution < -0.4 is 10.1 Å². The summed E-state index contributed by atoms with van der Waals surface area (Å²) < 4.78 is 5.50. The third-order valence-corrected chi connectivity index (χ3v) is 4.10. The lowest BCUT2D eigenvalue weighted by Crippen LogP contribution is -2.38. The molecule has 0 spiro atoms. The lowest BCUT2D eigenvalue weighted by molar-refractivity contribution is 0.202. The highest BCUT2D eigenvalue weighted by molar-refractivity contribution is 5.89. The minimum absolute atomic E-state index is 0.164. The summed E-state index contributed by atoms with van der Waals surface area (Å²) in [5, 5.41) is 11.6. The summed E-state index contributed by atoms with van der Waals surface area (Å²) in [7, 11) is 3.37. The predicted octanol–water partition coefficient (Wildman–Crippen LogP) is 2.87. The van der Waals surface area contributed by atoms with E-state index in [0.29, 0.717) is 12.4 Å². The van der Waals surface area contributed by atoms with Crippen LogP contribution in [0.5, 0.6) is 5.75 Å². The van der Waals surface area contributed by atoms with E-state index in [4.69, 9.17) is 4.74 Å². The second-order valence-electron chi connectivity index (χ2n) is 5.90. The number of nitrogens with zero attached hydrogens (tertiary/aromatic N) is 3. The van der Waals surface area contributed by atoms with Crippen LogP contribution in [0.25, 0.3) is 10.8 Å². The molecule has 1 heterocycles. The van der Waals surface area contributed by atoms with Crippen LogP contribution in [-0.4, -0.2) is 40.3 Å². The number of hydrogen-bond acceptors (Lipinski definition) is 4. The van der Waals surface area contributed by atoms with Gasteiger partial charge in [0.05, 0.1) is 19.7 Å². The highest BCUT2D eigenvalue weighted by Gasteiger charge is 2.16. The smallest absolute Gasteiger partial charge is 0.318 e. The second kappa shape index (κ2) is 7.21. The number of urea groups is 1. The van der Waals surface area contributed by atoms with E-state index in [0.717, 1.165) is 22.1 Å². The van der Waals surface area contributed by atoms with Crippen LogP contribution in [-0.2, 0) is 6.54 Å². The van der Waals surface area contributed by atoms with Gasteiger partial charge in [0.15, 0.2) is 0 Å². The molecule has 0 aliphatic rings. The van der Waals surface area contributed by atoms with E-state index in [1.165, 1.54) is 6.33 Å². The molecule has 1 aromatic heterocycles. The Morgan fingerprint density at radius 2 is 2.16 bits per heavy atom. The summed E-state index contributed by atoms with van der Waals surface area (Å²) in [6.45, 7) is 2.31. The molecule has 0 saturated heterocycles. The Bertz CT molecular complexity index is 863. The Kier molecular flexibility index (Phi) is 4.83. The molecule has 3 rings (SSSR count). The highest BCUT2D eigenvalue weighted by atomic mass is 16.5. The first-order chi connectivity index (χ1) is 12.1. The molecule has 0 radical (unpaired) electrons. The number of ether oxygens (including phenoxy) is 1. The van der Waals surface area contributed by atoms with E-state index in [-0.39, 0.29) is 12.1 Å². The van der Waals surface area contributed by atoms with Gasteiger partial charge in [0.2, 0.25) is 0 Å². The van der Waals surface area contributed by atoms with Crippen LogP contribution in [0.15, 0.2) is 42.7 Å². The molecule has 0 fully saturated rings. The van der Waals surface area contributed by atoms with E-state index in [1.54, 1.807) is 19.1 Å². The average molecular weight is 339 g/mol. The Balaban J connectivity index is 1.75. The van der Waals surface area contributed by atoms with Crippen molar-refractivity contribution < 1.29 is 9.53 Å². The molecule has 2 amide bonds. The third-order valence-electron chi connectivity index (χ3n) is 4.10. The molecule has 2 N–H and O–H groups in total. The number of benzene rings is 2. The summed E-state index contributed by atoms with van der Waals surface area (Å²) >= 11 is 0. The van der Waals surface area contributed by atoms with Crippen molar-refractivity contribution in [1.29, 1.82) is 0 Å². The lowest BCUT2D eigenvalue weighted by Gasteiger charge is -2.21. The van der Waals surface area contributed by atoms with Crippen molar-refractivity contribution in [2.24, 2.45) is 0 Å². The number of amides is 2. The Hall–Kier alpha value is -3.09. The van der Waals surface area contributed by atoms with E-state index in [9.17, 15) is 4.79 Å². The molecule has 0 bridgehead atoms. The molecule has 7 heteroatoms. The number of hydrogen-bond donors (Lipinski definition) is 2. The van der Waals surface area contributed by atoms with Gasteiger partial charge in [-0.05, 0) is 30.0 Å². The minimum atomic E-state index is -0.184. The van der Waals surface area contributed by atoms with Gasteiger partial charge in [-0.15, -0.1) is 0 Å². The second-order valence-corrected chi connectivity index (χ2v) is 5.90. The average Bonchev–Trinajstić information content (AvgIpc) is 3.13. The summed E-state index contributed by atoms with van der Waals surface area (Å²) in [5.41, 5.74) is 0.983. The van der Waals surface area contributed by atoms with E-state index < -0.39 is 0 Å².